The smallest absolute Gasteiger partial charge is 0.303 e. The van der Waals surface area contributed by atoms with Crippen LogP contribution in [-0.2, 0) is 59.0 Å². The standard InChI is InChI=1S/C60H97N9O14S2/c1-13-39(5)43(32-51(73)60(7,8)67(9)10)58(79)68(11)47(37(2)3)33-49(83-40(6)71)57-66-46(36-85-57)56(78)63-42(29-38(4)35-70)30-41-19-20-48(72)45(31-41)65-53(75)21-25-81-27-28-82-26-23-62-55(77)44(17-14-15-22-61)64-52(74)18-16-24-69-54(76)34-50(84-12)59(69)80/h19-20,31,36-39,42-44,47,49-50,70,72H,13-18,21-30,32-35,61H2,1-12H3,(H,62,77)(H,63,78)(H,64,74)(H,65,75)/p+1/t38?,39-,42+,43-,44-,47+,49+,50?/m0/s1. The van der Waals surface area contributed by atoms with Crippen molar-refractivity contribution in [1.29, 1.82) is 0 Å². The van der Waals surface area contributed by atoms with Crippen LogP contribution in [0.4, 0.5) is 5.69 Å². The number of unbranched alkanes of at least 4 members (excludes halogenated alkanes) is 1. The second-order valence-electron chi connectivity index (χ2n) is 23.2. The van der Waals surface area contributed by atoms with Gasteiger partial charge < -0.3 is 56.3 Å². The van der Waals surface area contributed by atoms with Gasteiger partial charge in [-0.25, -0.2) is 4.98 Å². The number of aromatic hydroxyl groups is 1. The Morgan fingerprint density at radius 2 is 1.64 bits per heavy atom. The molecule has 85 heavy (non-hydrogen) atoms. The summed E-state index contributed by atoms with van der Waals surface area (Å²) in [6, 6.07) is 2.99. The van der Waals surface area contributed by atoms with Crippen LogP contribution in [0.3, 0.4) is 0 Å². The first-order valence-corrected chi connectivity index (χ1v) is 31.9. The maximum Gasteiger partial charge on any atom is 0.303 e. The van der Waals surface area contributed by atoms with Crippen molar-refractivity contribution in [2.75, 3.05) is 85.4 Å². The number of aliphatic hydroxyl groups is 1. The van der Waals surface area contributed by atoms with Gasteiger partial charge in [-0.3, -0.25) is 53.0 Å². The third-order valence-electron chi connectivity index (χ3n) is 15.7. The van der Waals surface area contributed by atoms with Crippen LogP contribution in [0.1, 0.15) is 153 Å². The first-order valence-electron chi connectivity index (χ1n) is 29.7. The lowest BCUT2D eigenvalue weighted by molar-refractivity contribution is -0.368. The van der Waals surface area contributed by atoms with E-state index in [0.29, 0.717) is 42.8 Å². The van der Waals surface area contributed by atoms with Crippen molar-refractivity contribution in [2.24, 2.45) is 23.7 Å². The number of imide groups is 1. The van der Waals surface area contributed by atoms with Crippen LogP contribution < -0.4 is 27.0 Å². The fourth-order valence-electron chi connectivity index (χ4n) is 9.68. The number of rotatable bonds is 41. The Hall–Kier alpha value is -5.57. The average Bonchev–Trinajstić information content (AvgIpc) is 3.70. The summed E-state index contributed by atoms with van der Waals surface area (Å²) in [5.74, 6) is -4.03. The molecule has 1 aliphatic rings. The van der Waals surface area contributed by atoms with Gasteiger partial charge in [0.1, 0.15) is 22.5 Å². The Balaban J connectivity index is 1.55. The van der Waals surface area contributed by atoms with E-state index in [1.54, 1.807) is 35.7 Å². The molecule has 7 amide bonds. The third-order valence-corrected chi connectivity index (χ3v) is 17.6. The van der Waals surface area contributed by atoms with Crippen LogP contribution in [0, 0.1) is 23.7 Å². The molecule has 25 heteroatoms. The summed E-state index contributed by atoms with van der Waals surface area (Å²) in [5, 5.41) is 33.6. The number of Topliss-reactive ketones (excluding diaryl/α,β-unsaturated/α-hetero) is 1. The molecule has 2 unspecified atom stereocenters. The largest absolute Gasteiger partial charge is 0.506 e. The van der Waals surface area contributed by atoms with Crippen LogP contribution in [0.5, 0.6) is 5.75 Å². The third kappa shape index (κ3) is 24.3. The Bertz CT molecular complexity index is 2510. The molecule has 2 aromatic rings. The number of hydrogen-bond acceptors (Lipinski definition) is 18. The first kappa shape index (κ1) is 73.7. The van der Waals surface area contributed by atoms with Gasteiger partial charge in [0.05, 0.1) is 55.9 Å². The summed E-state index contributed by atoms with van der Waals surface area (Å²) >= 11 is 2.48. The topological polar surface area (TPSA) is 320 Å². The van der Waals surface area contributed by atoms with Crippen molar-refractivity contribution in [2.45, 2.75) is 167 Å². The number of likely N-dealkylation sites (N-methyl/N-ethyl adjacent to an activating group) is 1. The Labute approximate surface area is 510 Å². The van der Waals surface area contributed by atoms with E-state index in [1.807, 2.05) is 67.5 Å². The van der Waals surface area contributed by atoms with Gasteiger partial charge in [0.2, 0.25) is 35.4 Å². The van der Waals surface area contributed by atoms with Crippen molar-refractivity contribution >= 4 is 81.9 Å². The Kier molecular flexibility index (Phi) is 32.2. The molecule has 3 rings (SSSR count). The van der Waals surface area contributed by atoms with Crippen molar-refractivity contribution in [3.8, 4) is 5.75 Å². The van der Waals surface area contributed by atoms with E-state index in [4.69, 9.17) is 14.2 Å². The highest BCUT2D eigenvalue weighted by molar-refractivity contribution is 8.00. The van der Waals surface area contributed by atoms with Gasteiger partial charge in [0.25, 0.3) is 5.91 Å². The summed E-state index contributed by atoms with van der Waals surface area (Å²) in [6.45, 7) is 16.2. The lowest BCUT2D eigenvalue weighted by Gasteiger charge is -2.38. The van der Waals surface area contributed by atoms with Crippen LogP contribution in [-0.4, -0.2) is 192 Å². The first-order chi connectivity index (χ1) is 40.2. The lowest BCUT2D eigenvalue weighted by Crippen LogP contribution is -2.50. The number of aromatic nitrogens is 1. The van der Waals surface area contributed by atoms with E-state index >= 15 is 0 Å². The number of carbonyl (C=O) groups excluding carboxylic acids is 9. The molecule has 23 nitrogen and oxygen atoms in total. The van der Waals surface area contributed by atoms with Crippen LogP contribution in [0.25, 0.3) is 0 Å². The number of thioether (sulfide) groups is 1. The number of aliphatic hydroxyl groups excluding tert-OH is 1. The second kappa shape index (κ2) is 37.2. The molecule has 1 saturated heterocycles. The minimum atomic E-state index is -0.900. The number of carbonyl (C=O) groups is 9. The van der Waals surface area contributed by atoms with Gasteiger partial charge >= 0.3 is 5.97 Å². The van der Waals surface area contributed by atoms with E-state index in [-0.39, 0.29) is 167 Å². The molecule has 0 spiro atoms. The van der Waals surface area contributed by atoms with Crippen molar-refractivity contribution in [1.82, 2.24) is 35.6 Å². The SMILES string of the molecule is CC[C@H](C)[C@H](CC(=O)C(C)(C)N(C)C)C(=O)N(C)[C@H](C[C@@H](OC(C)=O)c1nc(C(=O)N[C@@H](Cc2ccc(O)c(NC(=O)CCOCCOCCNC(=O)[C@H](CCCC[NH3+])NC(=O)CCCN3C(=O)CC(SC)C3=O)c2)CC(C)CO)cs1)C(C)C. The number of ketones is 1. The summed E-state index contributed by atoms with van der Waals surface area (Å²) in [4.78, 5) is 127. The molecule has 0 saturated carbocycles. The van der Waals surface area contributed by atoms with E-state index in [2.05, 4.69) is 32.0 Å². The summed E-state index contributed by atoms with van der Waals surface area (Å²) < 4.78 is 17.0. The number of benzene rings is 1. The number of phenolic OH excluding ortho intramolecular Hbond substituents is 1. The highest BCUT2D eigenvalue weighted by Gasteiger charge is 2.40. The molecule has 0 aliphatic carbocycles. The summed E-state index contributed by atoms with van der Waals surface area (Å²) in [7, 11) is 5.39. The zero-order valence-electron chi connectivity index (χ0n) is 52.3. The number of nitrogens with one attached hydrogen (secondary N) is 4. The monoisotopic (exact) mass is 1230 g/mol. The number of nitrogens with zero attached hydrogens (tertiary/aromatic N) is 4. The molecule has 1 aromatic carbocycles. The van der Waals surface area contributed by atoms with Gasteiger partial charge in [0, 0.05) is 82.7 Å². The number of amides is 7. The molecule has 0 bridgehead atoms. The average molecular weight is 1230 g/mol. The zero-order chi connectivity index (χ0) is 63.6. The number of likely N-dealkylation sites (tertiary alicyclic amines) is 1. The van der Waals surface area contributed by atoms with E-state index in [1.165, 1.54) is 29.7 Å². The van der Waals surface area contributed by atoms with Crippen molar-refractivity contribution in [3.63, 3.8) is 0 Å². The van der Waals surface area contributed by atoms with Crippen LogP contribution in [0.2, 0.25) is 0 Å². The Morgan fingerprint density at radius 3 is 2.25 bits per heavy atom. The molecule has 2 heterocycles. The number of quaternary nitrogens is 1. The number of anilines is 1. The number of thiazole rings is 1. The quantitative estimate of drug-likeness (QED) is 0.0211. The van der Waals surface area contributed by atoms with Gasteiger partial charge in [-0.05, 0) is 108 Å². The van der Waals surface area contributed by atoms with E-state index in [0.717, 1.165) is 17.8 Å². The van der Waals surface area contributed by atoms with E-state index < -0.39 is 53.5 Å². The fraction of sp³-hybridized carbons (Fsp3) is 0.700. The van der Waals surface area contributed by atoms with Gasteiger partial charge in [-0.2, -0.15) is 11.8 Å². The molecule has 9 N–H and O–H groups in total. The summed E-state index contributed by atoms with van der Waals surface area (Å²) in [5.41, 5.74) is 3.97. The van der Waals surface area contributed by atoms with Gasteiger partial charge in [-0.1, -0.05) is 47.1 Å². The number of ether oxygens (including phenoxy) is 3. The van der Waals surface area contributed by atoms with E-state index in [9.17, 15) is 53.4 Å². The van der Waals surface area contributed by atoms with Crippen molar-refractivity contribution in [3.05, 3.63) is 39.8 Å². The second-order valence-corrected chi connectivity index (χ2v) is 25.1. The lowest BCUT2D eigenvalue weighted by atomic mass is 9.81. The zero-order valence-corrected chi connectivity index (χ0v) is 53.9. The molecule has 478 valence electrons. The maximum absolute atomic E-state index is 14.4. The minimum absolute atomic E-state index is 0.0384. The highest BCUT2D eigenvalue weighted by atomic mass is 32.2. The number of phenols is 1. The molecule has 0 radical (unpaired) electrons. The van der Waals surface area contributed by atoms with Crippen molar-refractivity contribution < 1.29 is 73.3 Å². The molecule has 1 fully saturated rings. The van der Waals surface area contributed by atoms with Crippen LogP contribution >= 0.6 is 23.1 Å². The molecular weight excluding hydrogens is 1130 g/mol. The molecular formula is C60H98N9O14S2+. The summed E-state index contributed by atoms with van der Waals surface area (Å²) in [6.07, 6.45) is 4.79. The van der Waals surface area contributed by atoms with Crippen LogP contribution in [0.15, 0.2) is 23.6 Å². The number of esters is 1. The predicted octanol–water partition coefficient (Wildman–Crippen LogP) is 4.29. The molecule has 8 atom stereocenters. The molecule has 1 aromatic heterocycles. The normalized spacial score (nSPS) is 16.1. The maximum atomic E-state index is 14.4. The number of hydrogen-bond donors (Lipinski definition) is 7. The minimum Gasteiger partial charge on any atom is -0.506 e. The Morgan fingerprint density at radius 1 is 0.941 bits per heavy atom. The molecule has 1 aliphatic heterocycles. The highest BCUT2D eigenvalue weighted by Crippen LogP contribution is 2.34. The van der Waals surface area contributed by atoms with Gasteiger partial charge in [0.15, 0.2) is 11.9 Å². The fourth-order valence-corrected chi connectivity index (χ4v) is 11.2. The van der Waals surface area contributed by atoms with Gasteiger partial charge in [-0.15, -0.1) is 11.3 Å². The predicted molar refractivity (Wildman–Crippen MR) is 326 cm³/mol.